The third-order valence-electron chi connectivity index (χ3n) is 8.50. The van der Waals surface area contributed by atoms with Crippen molar-refractivity contribution in [2.75, 3.05) is 6.54 Å². The van der Waals surface area contributed by atoms with Gasteiger partial charge in [0.1, 0.15) is 35.1 Å². The van der Waals surface area contributed by atoms with Crippen LogP contribution in [0.4, 0.5) is 13.6 Å². The van der Waals surface area contributed by atoms with Crippen LogP contribution in [-0.2, 0) is 25.1 Å². The van der Waals surface area contributed by atoms with Crippen molar-refractivity contribution in [3.05, 3.63) is 47.0 Å². The summed E-state index contributed by atoms with van der Waals surface area (Å²) in [5.41, 5.74) is -1.32. The third kappa shape index (κ3) is 6.68. The second-order valence-corrected chi connectivity index (χ2v) is 15.6. The summed E-state index contributed by atoms with van der Waals surface area (Å²) in [6, 6.07) is -0.250. The summed E-state index contributed by atoms with van der Waals surface area (Å²) in [6.07, 6.45) is 4.02. The van der Waals surface area contributed by atoms with Crippen molar-refractivity contribution in [2.24, 2.45) is 11.3 Å². The van der Waals surface area contributed by atoms with E-state index in [0.29, 0.717) is 12.8 Å². The number of benzene rings is 1. The molecule has 0 spiro atoms. The minimum absolute atomic E-state index is 0.0483. The predicted molar refractivity (Wildman–Crippen MR) is 154 cm³/mol. The second kappa shape index (κ2) is 12.2. The van der Waals surface area contributed by atoms with Crippen LogP contribution in [0.2, 0.25) is 5.02 Å². The maximum Gasteiger partial charge on any atom is 0.408 e. The number of hydrogen-bond acceptors (Lipinski definition) is 5. The Morgan fingerprint density at radius 2 is 1.83 bits per heavy atom. The lowest BCUT2D eigenvalue weighted by atomic mass is 9.85. The molecule has 2 unspecified atom stereocenters. The zero-order valence-electron chi connectivity index (χ0n) is 24.1. The number of carbonyl (C=O) groups excluding carboxylic acids is 3. The van der Waals surface area contributed by atoms with Gasteiger partial charge >= 0.3 is 6.09 Å². The van der Waals surface area contributed by atoms with Crippen molar-refractivity contribution in [2.45, 2.75) is 95.3 Å². The van der Waals surface area contributed by atoms with Gasteiger partial charge in [-0.25, -0.2) is 13.6 Å². The van der Waals surface area contributed by atoms with E-state index in [2.05, 4.69) is 17.2 Å². The molecule has 0 radical (unpaired) electrons. The number of hydrogen-bond donors (Lipinski definition) is 3. The smallest absolute Gasteiger partial charge is 0.408 e. The molecule has 9 nitrogen and oxygen atoms in total. The molecule has 0 bridgehead atoms. The van der Waals surface area contributed by atoms with Crippen molar-refractivity contribution in [3.8, 4) is 0 Å². The molecule has 3 amide bonds. The van der Waals surface area contributed by atoms with E-state index in [1.807, 2.05) is 0 Å². The minimum Gasteiger partial charge on any atom is -0.446 e. The molecular weight excluding hydrogens is 591 g/mol. The zero-order valence-corrected chi connectivity index (χ0v) is 25.8. The Hall–Kier alpha value is -2.49. The second-order valence-electron chi connectivity index (χ2n) is 12.6. The monoisotopic (exact) mass is 629 g/mol. The summed E-state index contributed by atoms with van der Waals surface area (Å²) in [5, 5.41) is 3.49. The summed E-state index contributed by atoms with van der Waals surface area (Å²) >= 11 is 5.69. The van der Waals surface area contributed by atoms with Gasteiger partial charge in [0.05, 0.1) is 6.16 Å². The molecule has 1 saturated heterocycles. The zero-order chi connectivity index (χ0) is 31.0. The largest absolute Gasteiger partial charge is 0.446 e. The van der Waals surface area contributed by atoms with Crippen LogP contribution < -0.4 is 10.6 Å². The van der Waals surface area contributed by atoms with Gasteiger partial charge in [-0.05, 0) is 62.5 Å². The van der Waals surface area contributed by atoms with Gasteiger partial charge in [-0.2, -0.15) is 0 Å². The van der Waals surface area contributed by atoms with Gasteiger partial charge in [-0.1, -0.05) is 38.4 Å². The topological polar surface area (TPSA) is 125 Å². The Morgan fingerprint density at radius 3 is 2.38 bits per heavy atom. The fourth-order valence-electron chi connectivity index (χ4n) is 5.99. The number of nitrogens with one attached hydrogen (secondary N) is 2. The number of carbonyl (C=O) groups is 3. The fourth-order valence-corrected chi connectivity index (χ4v) is 8.58. The van der Waals surface area contributed by atoms with Crippen LogP contribution in [0.1, 0.15) is 71.3 Å². The first-order chi connectivity index (χ1) is 19.6. The van der Waals surface area contributed by atoms with Crippen LogP contribution in [0.25, 0.3) is 0 Å². The molecule has 13 heteroatoms. The lowest BCUT2D eigenvalue weighted by Gasteiger charge is -2.36. The molecule has 2 saturated carbocycles. The van der Waals surface area contributed by atoms with Crippen molar-refractivity contribution in [3.63, 3.8) is 0 Å². The first-order valence-electron chi connectivity index (χ1n) is 14.3. The normalized spacial score (nSPS) is 26.3. The molecule has 1 heterocycles. The molecule has 232 valence electrons. The summed E-state index contributed by atoms with van der Waals surface area (Å²) in [7, 11) is -4.47. The molecule has 1 aliphatic heterocycles. The average Bonchev–Trinajstić information content (AvgIpc) is 3.22. The fraction of sp³-hybridized carbons (Fsp3) is 0.621. The number of alkyl carbamates (subject to hydrolysis) is 1. The van der Waals surface area contributed by atoms with Crippen LogP contribution >= 0.6 is 19.0 Å². The van der Waals surface area contributed by atoms with Crippen LogP contribution in [0.15, 0.2) is 24.8 Å². The van der Waals surface area contributed by atoms with E-state index < -0.39 is 77.3 Å². The SMILES string of the molecule is C=C[C@@H]1C[C@]1(NC(=O)[C@@H]1CCCN1C(=O)C(NC(=O)OC1CCCC1)C(C)(C)C)P(=O)(O)Cc1c(F)cc(Cl)cc1F. The summed E-state index contributed by atoms with van der Waals surface area (Å²) in [6.45, 7) is 9.31. The van der Waals surface area contributed by atoms with E-state index in [4.69, 9.17) is 16.3 Å². The van der Waals surface area contributed by atoms with Gasteiger partial charge in [0.15, 0.2) is 0 Å². The predicted octanol–water partition coefficient (Wildman–Crippen LogP) is 5.48. The lowest BCUT2D eigenvalue weighted by molar-refractivity contribution is -0.142. The molecule has 42 heavy (non-hydrogen) atoms. The molecule has 1 aromatic carbocycles. The Balaban J connectivity index is 1.51. The summed E-state index contributed by atoms with van der Waals surface area (Å²) in [4.78, 5) is 52.6. The molecule has 3 fully saturated rings. The molecule has 0 aromatic heterocycles. The highest BCUT2D eigenvalue weighted by Crippen LogP contribution is 2.71. The first-order valence-corrected chi connectivity index (χ1v) is 16.5. The quantitative estimate of drug-likeness (QED) is 0.245. The number of halogens is 3. The number of ether oxygens (including phenoxy) is 1. The van der Waals surface area contributed by atoms with E-state index in [1.165, 1.54) is 11.0 Å². The number of likely N-dealkylation sites (tertiary alicyclic amines) is 1. The lowest BCUT2D eigenvalue weighted by Crippen LogP contribution is -2.58. The molecule has 1 aromatic rings. The Kier molecular flexibility index (Phi) is 9.46. The summed E-state index contributed by atoms with van der Waals surface area (Å²) < 4.78 is 48.2. The molecule has 2 aliphatic carbocycles. The Morgan fingerprint density at radius 1 is 1.21 bits per heavy atom. The highest BCUT2D eigenvalue weighted by Gasteiger charge is 2.66. The maximum absolute atomic E-state index is 14.5. The highest BCUT2D eigenvalue weighted by atomic mass is 35.5. The van der Waals surface area contributed by atoms with Gasteiger partial charge in [-0.15, -0.1) is 6.58 Å². The van der Waals surface area contributed by atoms with E-state index in [1.54, 1.807) is 20.8 Å². The standard InChI is InChI=1S/C29H39ClF2N3O6P/c1-5-17-15-29(17,42(39,40)16-20-21(31)13-18(30)14-22(20)32)34-25(36)23-11-8-12-35(23)26(37)24(28(2,3)4)33-27(38)41-19-9-6-7-10-19/h5,13-14,17,19,23-24H,1,6-12,15-16H2,2-4H3,(H,33,38)(H,34,36)(H,39,40)/t17-,23+,24?,29+/m1/s1. The first kappa shape index (κ1) is 32.4. The van der Waals surface area contributed by atoms with E-state index in [0.717, 1.165) is 37.8 Å². The van der Waals surface area contributed by atoms with E-state index in [-0.39, 0.29) is 24.1 Å². The van der Waals surface area contributed by atoms with Gasteiger partial charge in [0.25, 0.3) is 0 Å². The molecule has 3 aliphatic rings. The van der Waals surface area contributed by atoms with Gasteiger partial charge in [-0.3, -0.25) is 14.2 Å². The van der Waals surface area contributed by atoms with Gasteiger partial charge < -0.3 is 25.2 Å². The molecule has 4 rings (SSSR count). The average molecular weight is 630 g/mol. The van der Waals surface area contributed by atoms with Gasteiger partial charge in [0, 0.05) is 23.0 Å². The van der Waals surface area contributed by atoms with Crippen molar-refractivity contribution in [1.29, 1.82) is 0 Å². The Bertz CT molecular complexity index is 1280. The number of nitrogens with zero attached hydrogens (tertiary/aromatic N) is 1. The van der Waals surface area contributed by atoms with Crippen LogP contribution in [0.3, 0.4) is 0 Å². The maximum atomic E-state index is 14.5. The minimum atomic E-state index is -4.47. The van der Waals surface area contributed by atoms with Crippen LogP contribution in [0.5, 0.6) is 0 Å². The summed E-state index contributed by atoms with van der Waals surface area (Å²) in [5.74, 6) is -3.86. The van der Waals surface area contributed by atoms with Crippen molar-refractivity contribution in [1.82, 2.24) is 15.5 Å². The van der Waals surface area contributed by atoms with E-state index in [9.17, 15) is 32.6 Å². The number of rotatable bonds is 9. The van der Waals surface area contributed by atoms with Crippen LogP contribution in [0, 0.1) is 23.0 Å². The third-order valence-corrected chi connectivity index (χ3v) is 11.3. The van der Waals surface area contributed by atoms with E-state index >= 15 is 0 Å². The number of amides is 3. The van der Waals surface area contributed by atoms with Gasteiger partial charge in [0.2, 0.25) is 19.2 Å². The van der Waals surface area contributed by atoms with Crippen molar-refractivity contribution >= 4 is 36.9 Å². The molecular formula is C29H39ClF2N3O6P. The molecule has 5 atom stereocenters. The Labute approximate surface area is 249 Å². The molecule has 3 N–H and O–H groups in total. The highest BCUT2D eigenvalue weighted by molar-refractivity contribution is 7.59. The van der Waals surface area contributed by atoms with Crippen LogP contribution in [-0.4, -0.2) is 57.7 Å². The van der Waals surface area contributed by atoms with Crippen molar-refractivity contribution < 1.29 is 37.4 Å².